The number of amides is 1. The Labute approximate surface area is 180 Å². The number of phenols is 1. The molecule has 0 bridgehead atoms. The van der Waals surface area contributed by atoms with Crippen LogP contribution >= 0.6 is 27.7 Å². The third-order valence-corrected chi connectivity index (χ3v) is 5.60. The average Bonchev–Trinajstić information content (AvgIpc) is 3.11. The van der Waals surface area contributed by atoms with Gasteiger partial charge in [0.1, 0.15) is 5.75 Å². The molecule has 3 aromatic rings. The molecule has 7 nitrogen and oxygen atoms in total. The van der Waals surface area contributed by atoms with E-state index in [9.17, 15) is 14.7 Å². The van der Waals surface area contributed by atoms with Crippen LogP contribution in [0.25, 0.3) is 11.4 Å². The highest BCUT2D eigenvalue weighted by atomic mass is 79.9. The maximum Gasteiger partial charge on any atom is 0.234 e. The fraction of sp³-hybridized carbons (Fsp3) is 0.200. The Morgan fingerprint density at radius 3 is 2.55 bits per heavy atom. The molecule has 0 atom stereocenters. The van der Waals surface area contributed by atoms with Crippen molar-refractivity contribution in [3.63, 3.8) is 0 Å². The number of thioether (sulfide) groups is 1. The molecule has 2 aromatic carbocycles. The average molecular weight is 475 g/mol. The first-order valence-electron chi connectivity index (χ1n) is 8.84. The van der Waals surface area contributed by atoms with Crippen LogP contribution < -0.4 is 5.32 Å². The number of aromatic hydroxyl groups is 1. The van der Waals surface area contributed by atoms with E-state index in [2.05, 4.69) is 31.4 Å². The lowest BCUT2D eigenvalue weighted by Gasteiger charge is -2.09. The summed E-state index contributed by atoms with van der Waals surface area (Å²) in [5.74, 6) is 0.581. The number of hydrogen-bond donors (Lipinski definition) is 2. The van der Waals surface area contributed by atoms with E-state index in [0.29, 0.717) is 34.3 Å². The van der Waals surface area contributed by atoms with Crippen LogP contribution in [0, 0.1) is 0 Å². The zero-order chi connectivity index (χ0) is 21.0. The van der Waals surface area contributed by atoms with Gasteiger partial charge >= 0.3 is 0 Å². The van der Waals surface area contributed by atoms with Crippen LogP contribution in [0.1, 0.15) is 24.2 Å². The number of Topliss-reactive ketones (excluding diaryl/α,β-unsaturated/α-hetero) is 1. The molecule has 29 heavy (non-hydrogen) atoms. The fourth-order valence-electron chi connectivity index (χ4n) is 2.68. The molecule has 0 fully saturated rings. The van der Waals surface area contributed by atoms with Crippen molar-refractivity contribution in [1.82, 2.24) is 14.8 Å². The van der Waals surface area contributed by atoms with Crippen LogP contribution in [0.15, 0.2) is 52.1 Å². The predicted octanol–water partition coefficient (Wildman–Crippen LogP) is 4.37. The number of rotatable bonds is 7. The second kappa shape index (κ2) is 9.23. The van der Waals surface area contributed by atoms with E-state index in [1.807, 2.05) is 11.5 Å². The molecule has 0 saturated carbocycles. The van der Waals surface area contributed by atoms with Crippen molar-refractivity contribution < 1.29 is 14.7 Å². The first-order chi connectivity index (χ1) is 13.9. The summed E-state index contributed by atoms with van der Waals surface area (Å²) in [7, 11) is 0. The molecule has 2 N–H and O–H groups in total. The lowest BCUT2D eigenvalue weighted by atomic mass is 10.1. The van der Waals surface area contributed by atoms with Crippen LogP contribution in [0.4, 0.5) is 5.69 Å². The molecule has 0 radical (unpaired) electrons. The molecule has 0 aliphatic rings. The Kier molecular flexibility index (Phi) is 6.71. The monoisotopic (exact) mass is 474 g/mol. The van der Waals surface area contributed by atoms with Crippen molar-refractivity contribution in [3.05, 3.63) is 52.5 Å². The first kappa shape index (κ1) is 21.1. The van der Waals surface area contributed by atoms with Crippen LogP contribution in [0.2, 0.25) is 0 Å². The summed E-state index contributed by atoms with van der Waals surface area (Å²) in [5.41, 5.74) is 1.78. The van der Waals surface area contributed by atoms with Gasteiger partial charge in [-0.3, -0.25) is 9.59 Å². The molecule has 0 spiro atoms. The van der Waals surface area contributed by atoms with Crippen molar-refractivity contribution >= 4 is 45.1 Å². The SMILES string of the molecule is CCn1c(SCC(=O)Nc2ccc(C(C)=O)cc2)nnc1-c1cc(Br)ccc1O. The molecule has 150 valence electrons. The van der Waals surface area contributed by atoms with Gasteiger partial charge in [-0.25, -0.2) is 0 Å². The zero-order valence-electron chi connectivity index (χ0n) is 15.8. The molecule has 3 rings (SSSR count). The van der Waals surface area contributed by atoms with E-state index < -0.39 is 0 Å². The van der Waals surface area contributed by atoms with Gasteiger partial charge in [0.2, 0.25) is 5.91 Å². The standard InChI is InChI=1S/C20H19BrN4O3S/c1-3-25-19(16-10-14(21)6-9-17(16)27)23-24-20(25)29-11-18(28)22-15-7-4-13(5-8-15)12(2)26/h4-10,27H,3,11H2,1-2H3,(H,22,28). The number of hydrogen-bond acceptors (Lipinski definition) is 6. The quantitative estimate of drug-likeness (QED) is 0.389. The van der Waals surface area contributed by atoms with Crippen LogP contribution in [0.5, 0.6) is 5.75 Å². The van der Waals surface area contributed by atoms with E-state index in [1.165, 1.54) is 18.7 Å². The topological polar surface area (TPSA) is 97.1 Å². The highest BCUT2D eigenvalue weighted by Crippen LogP contribution is 2.32. The Morgan fingerprint density at radius 2 is 1.90 bits per heavy atom. The molecule has 9 heteroatoms. The number of anilines is 1. The van der Waals surface area contributed by atoms with Crippen molar-refractivity contribution in [2.45, 2.75) is 25.5 Å². The smallest absolute Gasteiger partial charge is 0.234 e. The number of ketones is 1. The van der Waals surface area contributed by atoms with Gasteiger partial charge in [-0.1, -0.05) is 27.7 Å². The maximum atomic E-state index is 12.3. The number of carbonyl (C=O) groups is 2. The van der Waals surface area contributed by atoms with E-state index in [0.717, 1.165) is 4.47 Å². The van der Waals surface area contributed by atoms with Crippen molar-refractivity contribution in [1.29, 1.82) is 0 Å². The first-order valence-corrected chi connectivity index (χ1v) is 10.6. The lowest BCUT2D eigenvalue weighted by molar-refractivity contribution is -0.113. The third-order valence-electron chi connectivity index (χ3n) is 4.14. The predicted molar refractivity (Wildman–Crippen MR) is 116 cm³/mol. The number of halogens is 1. The van der Waals surface area contributed by atoms with Gasteiger partial charge in [0.15, 0.2) is 16.8 Å². The Bertz CT molecular complexity index is 1050. The van der Waals surface area contributed by atoms with Crippen molar-refractivity contribution in [2.24, 2.45) is 0 Å². The Hall–Kier alpha value is -2.65. The fourth-order valence-corrected chi connectivity index (χ4v) is 3.85. The summed E-state index contributed by atoms with van der Waals surface area (Å²) in [6, 6.07) is 11.9. The molecule has 0 aliphatic carbocycles. The van der Waals surface area contributed by atoms with Gasteiger partial charge in [0, 0.05) is 22.3 Å². The maximum absolute atomic E-state index is 12.3. The molecule has 0 aliphatic heterocycles. The summed E-state index contributed by atoms with van der Waals surface area (Å²) < 4.78 is 2.67. The molecule has 0 unspecified atom stereocenters. The summed E-state index contributed by atoms with van der Waals surface area (Å²) >= 11 is 4.66. The largest absolute Gasteiger partial charge is 0.507 e. The number of benzene rings is 2. The summed E-state index contributed by atoms with van der Waals surface area (Å²) in [6.07, 6.45) is 0. The van der Waals surface area contributed by atoms with Gasteiger partial charge in [0.05, 0.1) is 11.3 Å². The third kappa shape index (κ3) is 5.04. The molecular formula is C20H19BrN4O3S. The number of carbonyl (C=O) groups excluding carboxylic acids is 2. The number of aromatic nitrogens is 3. The normalized spacial score (nSPS) is 10.7. The van der Waals surface area contributed by atoms with Gasteiger partial charge in [0.25, 0.3) is 0 Å². The minimum absolute atomic E-state index is 0.0235. The number of nitrogens with one attached hydrogen (secondary N) is 1. The van der Waals surface area contributed by atoms with Gasteiger partial charge in [-0.05, 0) is 56.3 Å². The molecule has 1 aromatic heterocycles. The zero-order valence-corrected chi connectivity index (χ0v) is 18.2. The van der Waals surface area contributed by atoms with E-state index in [1.54, 1.807) is 42.5 Å². The highest BCUT2D eigenvalue weighted by molar-refractivity contribution is 9.10. The Balaban J connectivity index is 1.69. The summed E-state index contributed by atoms with van der Waals surface area (Å²) in [5, 5.41) is 21.9. The molecule has 0 saturated heterocycles. The van der Waals surface area contributed by atoms with Crippen LogP contribution in [-0.4, -0.2) is 37.3 Å². The van der Waals surface area contributed by atoms with Crippen LogP contribution in [-0.2, 0) is 11.3 Å². The minimum Gasteiger partial charge on any atom is -0.507 e. The molecule has 1 amide bonds. The van der Waals surface area contributed by atoms with Crippen molar-refractivity contribution in [3.8, 4) is 17.1 Å². The summed E-state index contributed by atoms with van der Waals surface area (Å²) in [6.45, 7) is 4.03. The second-order valence-corrected chi connectivity index (χ2v) is 8.04. The second-order valence-electron chi connectivity index (χ2n) is 6.18. The lowest BCUT2D eigenvalue weighted by Crippen LogP contribution is -2.14. The van der Waals surface area contributed by atoms with E-state index >= 15 is 0 Å². The van der Waals surface area contributed by atoms with Crippen LogP contribution in [0.3, 0.4) is 0 Å². The molecular weight excluding hydrogens is 456 g/mol. The Morgan fingerprint density at radius 1 is 1.17 bits per heavy atom. The summed E-state index contributed by atoms with van der Waals surface area (Å²) in [4.78, 5) is 23.6. The minimum atomic E-state index is -0.192. The highest BCUT2D eigenvalue weighted by Gasteiger charge is 2.17. The van der Waals surface area contributed by atoms with E-state index in [-0.39, 0.29) is 23.2 Å². The van der Waals surface area contributed by atoms with Gasteiger partial charge < -0.3 is 15.0 Å². The van der Waals surface area contributed by atoms with Gasteiger partial charge in [-0.15, -0.1) is 10.2 Å². The van der Waals surface area contributed by atoms with E-state index in [4.69, 9.17) is 0 Å². The van der Waals surface area contributed by atoms with Crippen molar-refractivity contribution in [2.75, 3.05) is 11.1 Å². The number of nitrogens with zero attached hydrogens (tertiary/aromatic N) is 3. The number of phenolic OH excluding ortho intramolecular Hbond substituents is 1. The molecule has 1 heterocycles. The van der Waals surface area contributed by atoms with Gasteiger partial charge in [-0.2, -0.15) is 0 Å².